The predicted octanol–water partition coefficient (Wildman–Crippen LogP) is 1.74. The second-order valence-corrected chi connectivity index (χ2v) is 4.73. The molecular weight excluding hydrogens is 212 g/mol. The summed E-state index contributed by atoms with van der Waals surface area (Å²) in [5.41, 5.74) is 7.38. The van der Waals surface area contributed by atoms with Gasteiger partial charge in [-0.25, -0.2) is 0 Å². The van der Waals surface area contributed by atoms with Crippen molar-refractivity contribution in [2.24, 2.45) is 5.73 Å². The number of nitrogens with zero attached hydrogens (tertiary/aromatic N) is 1. The summed E-state index contributed by atoms with van der Waals surface area (Å²) >= 11 is 0. The minimum absolute atomic E-state index is 0.0678. The summed E-state index contributed by atoms with van der Waals surface area (Å²) in [6.07, 6.45) is 1.54. The van der Waals surface area contributed by atoms with Crippen molar-refractivity contribution in [2.75, 3.05) is 13.1 Å². The highest BCUT2D eigenvalue weighted by atomic mass is 16.2. The van der Waals surface area contributed by atoms with Gasteiger partial charge in [0.25, 0.3) is 0 Å². The molecule has 1 aliphatic rings. The fourth-order valence-corrected chi connectivity index (χ4v) is 2.46. The van der Waals surface area contributed by atoms with Crippen molar-refractivity contribution in [1.82, 2.24) is 4.90 Å². The van der Waals surface area contributed by atoms with Crippen molar-refractivity contribution in [1.29, 1.82) is 0 Å². The van der Waals surface area contributed by atoms with Gasteiger partial charge in [0, 0.05) is 31.5 Å². The van der Waals surface area contributed by atoms with E-state index in [9.17, 15) is 4.79 Å². The molecule has 1 heterocycles. The predicted molar refractivity (Wildman–Crippen MR) is 68.6 cm³/mol. The second-order valence-electron chi connectivity index (χ2n) is 4.73. The molecule has 1 amide bonds. The maximum Gasteiger partial charge on any atom is 0.222 e. The summed E-state index contributed by atoms with van der Waals surface area (Å²) in [4.78, 5) is 13.7. The van der Waals surface area contributed by atoms with Crippen molar-refractivity contribution in [3.8, 4) is 0 Å². The van der Waals surface area contributed by atoms with Gasteiger partial charge in [-0.1, -0.05) is 37.3 Å². The zero-order valence-electron chi connectivity index (χ0n) is 10.3. The lowest BCUT2D eigenvalue weighted by Gasteiger charge is -2.16. The van der Waals surface area contributed by atoms with E-state index in [0.717, 1.165) is 13.0 Å². The van der Waals surface area contributed by atoms with Crippen LogP contribution in [-0.4, -0.2) is 29.9 Å². The van der Waals surface area contributed by atoms with Gasteiger partial charge in [-0.15, -0.1) is 0 Å². The van der Waals surface area contributed by atoms with E-state index in [1.54, 1.807) is 0 Å². The number of likely N-dealkylation sites (tertiary alicyclic amines) is 1. The highest BCUT2D eigenvalue weighted by Gasteiger charge is 2.33. The maximum atomic E-state index is 11.8. The van der Waals surface area contributed by atoms with Gasteiger partial charge in [-0.05, 0) is 12.0 Å². The SMILES string of the molecule is CCCC(=O)N1C[C@@H](N)[C@H](c2ccccc2)C1. The molecule has 92 valence electrons. The molecule has 0 radical (unpaired) electrons. The third-order valence-corrected chi connectivity index (χ3v) is 3.41. The summed E-state index contributed by atoms with van der Waals surface area (Å²) in [5, 5.41) is 0. The standard InChI is InChI=1S/C14H20N2O/c1-2-6-14(17)16-9-12(13(15)10-16)11-7-4-3-5-8-11/h3-5,7-8,12-13H,2,6,9-10,15H2,1H3/t12-,13+/m0/s1. The first kappa shape index (κ1) is 12.1. The molecule has 1 aromatic carbocycles. The lowest BCUT2D eigenvalue weighted by molar-refractivity contribution is -0.130. The molecule has 3 heteroatoms. The van der Waals surface area contributed by atoms with Gasteiger partial charge in [-0.3, -0.25) is 4.79 Å². The largest absolute Gasteiger partial charge is 0.340 e. The molecule has 3 nitrogen and oxygen atoms in total. The monoisotopic (exact) mass is 232 g/mol. The molecule has 0 unspecified atom stereocenters. The molecule has 0 aliphatic carbocycles. The number of hydrogen-bond donors (Lipinski definition) is 1. The Morgan fingerprint density at radius 3 is 2.71 bits per heavy atom. The maximum absolute atomic E-state index is 11.8. The number of carbonyl (C=O) groups excluding carboxylic acids is 1. The van der Waals surface area contributed by atoms with E-state index in [1.165, 1.54) is 5.56 Å². The molecule has 2 N–H and O–H groups in total. The minimum Gasteiger partial charge on any atom is -0.340 e. The molecule has 0 saturated carbocycles. The highest BCUT2D eigenvalue weighted by Crippen LogP contribution is 2.26. The van der Waals surface area contributed by atoms with Crippen molar-refractivity contribution in [2.45, 2.75) is 31.7 Å². The molecule has 1 fully saturated rings. The van der Waals surface area contributed by atoms with Gasteiger partial charge in [0.2, 0.25) is 5.91 Å². The molecule has 1 saturated heterocycles. The average molecular weight is 232 g/mol. The first-order chi connectivity index (χ1) is 8.22. The Morgan fingerprint density at radius 2 is 2.06 bits per heavy atom. The number of benzene rings is 1. The molecule has 0 aromatic heterocycles. The Kier molecular flexibility index (Phi) is 3.79. The number of hydrogen-bond acceptors (Lipinski definition) is 2. The van der Waals surface area contributed by atoms with Gasteiger partial charge in [0.15, 0.2) is 0 Å². The van der Waals surface area contributed by atoms with Gasteiger partial charge >= 0.3 is 0 Å². The summed E-state index contributed by atoms with van der Waals surface area (Å²) in [6, 6.07) is 10.3. The van der Waals surface area contributed by atoms with Gasteiger partial charge in [-0.2, -0.15) is 0 Å². The lowest BCUT2D eigenvalue weighted by atomic mass is 9.95. The van der Waals surface area contributed by atoms with Crippen LogP contribution in [0.3, 0.4) is 0 Å². The lowest BCUT2D eigenvalue weighted by Crippen LogP contribution is -2.31. The Hall–Kier alpha value is -1.35. The molecule has 1 aromatic rings. The van der Waals surface area contributed by atoms with Crippen LogP contribution in [0.4, 0.5) is 0 Å². The van der Waals surface area contributed by atoms with Crippen molar-refractivity contribution < 1.29 is 4.79 Å². The molecule has 2 atom stereocenters. The molecule has 1 aliphatic heterocycles. The van der Waals surface area contributed by atoms with Crippen molar-refractivity contribution in [3.05, 3.63) is 35.9 Å². The second kappa shape index (κ2) is 5.32. The minimum atomic E-state index is 0.0678. The fourth-order valence-electron chi connectivity index (χ4n) is 2.46. The van der Waals surface area contributed by atoms with Crippen LogP contribution < -0.4 is 5.73 Å². The number of nitrogens with two attached hydrogens (primary N) is 1. The molecule has 0 bridgehead atoms. The Balaban J connectivity index is 2.05. The van der Waals surface area contributed by atoms with Crippen LogP contribution >= 0.6 is 0 Å². The van der Waals surface area contributed by atoms with E-state index in [4.69, 9.17) is 5.73 Å². The van der Waals surface area contributed by atoms with Crippen LogP contribution in [0.5, 0.6) is 0 Å². The fraction of sp³-hybridized carbons (Fsp3) is 0.500. The topological polar surface area (TPSA) is 46.3 Å². The van der Waals surface area contributed by atoms with Crippen LogP contribution in [0.2, 0.25) is 0 Å². The van der Waals surface area contributed by atoms with Gasteiger partial charge in [0.1, 0.15) is 0 Å². The number of rotatable bonds is 3. The van der Waals surface area contributed by atoms with Crippen LogP contribution in [0, 0.1) is 0 Å². The van der Waals surface area contributed by atoms with Crippen LogP contribution in [0.1, 0.15) is 31.2 Å². The number of amides is 1. The Morgan fingerprint density at radius 1 is 1.35 bits per heavy atom. The molecule has 17 heavy (non-hydrogen) atoms. The smallest absolute Gasteiger partial charge is 0.222 e. The molecular formula is C14H20N2O. The third-order valence-electron chi connectivity index (χ3n) is 3.41. The summed E-state index contributed by atoms with van der Waals surface area (Å²) in [6.45, 7) is 3.49. The molecule has 2 rings (SSSR count). The normalized spacial score (nSPS) is 24.0. The average Bonchev–Trinajstić information content (AvgIpc) is 2.73. The van der Waals surface area contributed by atoms with E-state index in [-0.39, 0.29) is 17.9 Å². The summed E-state index contributed by atoms with van der Waals surface area (Å²) in [5.74, 6) is 0.526. The zero-order valence-corrected chi connectivity index (χ0v) is 10.3. The van der Waals surface area contributed by atoms with E-state index in [0.29, 0.717) is 13.0 Å². The van der Waals surface area contributed by atoms with Gasteiger partial charge < -0.3 is 10.6 Å². The van der Waals surface area contributed by atoms with Crippen LogP contribution in [0.25, 0.3) is 0 Å². The van der Waals surface area contributed by atoms with Crippen molar-refractivity contribution in [3.63, 3.8) is 0 Å². The third kappa shape index (κ3) is 2.67. The summed E-state index contributed by atoms with van der Waals surface area (Å²) in [7, 11) is 0. The van der Waals surface area contributed by atoms with E-state index >= 15 is 0 Å². The Bertz CT molecular complexity index is 377. The first-order valence-corrected chi connectivity index (χ1v) is 6.30. The van der Waals surface area contributed by atoms with E-state index in [1.807, 2.05) is 30.0 Å². The highest BCUT2D eigenvalue weighted by molar-refractivity contribution is 5.76. The van der Waals surface area contributed by atoms with Crippen LogP contribution in [0.15, 0.2) is 30.3 Å². The number of carbonyl (C=O) groups is 1. The van der Waals surface area contributed by atoms with E-state index < -0.39 is 0 Å². The zero-order chi connectivity index (χ0) is 12.3. The molecule has 0 spiro atoms. The van der Waals surface area contributed by atoms with E-state index in [2.05, 4.69) is 12.1 Å². The van der Waals surface area contributed by atoms with Crippen LogP contribution in [-0.2, 0) is 4.79 Å². The Labute approximate surface area is 103 Å². The first-order valence-electron chi connectivity index (χ1n) is 6.30. The van der Waals surface area contributed by atoms with Gasteiger partial charge in [0.05, 0.1) is 0 Å². The quantitative estimate of drug-likeness (QED) is 0.863. The summed E-state index contributed by atoms with van der Waals surface area (Å²) < 4.78 is 0. The van der Waals surface area contributed by atoms with Crippen molar-refractivity contribution >= 4 is 5.91 Å².